The van der Waals surface area contributed by atoms with Gasteiger partial charge in [-0.15, -0.1) is 6.58 Å². The molecule has 1 unspecified atom stereocenters. The highest BCUT2D eigenvalue weighted by Gasteiger charge is 2.41. The van der Waals surface area contributed by atoms with E-state index >= 15 is 0 Å². The van der Waals surface area contributed by atoms with Crippen molar-refractivity contribution in [3.05, 3.63) is 48.6 Å². The van der Waals surface area contributed by atoms with Gasteiger partial charge in [0.15, 0.2) is 0 Å². The van der Waals surface area contributed by atoms with E-state index in [1.54, 1.807) is 30.3 Å². The molecule has 1 atom stereocenters. The van der Waals surface area contributed by atoms with E-state index in [2.05, 4.69) is 6.58 Å². The second kappa shape index (κ2) is 5.14. The number of rotatable bonds is 4. The van der Waals surface area contributed by atoms with Crippen molar-refractivity contribution in [3.63, 3.8) is 0 Å². The third-order valence-corrected chi connectivity index (χ3v) is 2.07. The molecular formula is C11H12F3NO. The number of hydrogen-bond acceptors (Lipinski definition) is 2. The van der Waals surface area contributed by atoms with Gasteiger partial charge in [-0.3, -0.25) is 0 Å². The summed E-state index contributed by atoms with van der Waals surface area (Å²) in [6, 6.07) is 6.37. The molecule has 0 saturated heterocycles. The first-order chi connectivity index (χ1) is 7.45. The number of hydrogen-bond donors (Lipinski definition) is 1. The number of nitrogens with zero attached hydrogens (tertiary/aromatic N) is 1. The van der Waals surface area contributed by atoms with Crippen LogP contribution in [0.2, 0.25) is 0 Å². The molecule has 0 aliphatic carbocycles. The maximum absolute atomic E-state index is 12.4. The molecule has 1 N–H and O–H groups in total. The van der Waals surface area contributed by atoms with Gasteiger partial charge in [0.25, 0.3) is 0 Å². The molecule has 0 fully saturated rings. The number of halogens is 3. The fourth-order valence-corrected chi connectivity index (χ4v) is 1.29. The third-order valence-electron chi connectivity index (χ3n) is 2.07. The monoisotopic (exact) mass is 231 g/mol. The van der Waals surface area contributed by atoms with Crippen LogP contribution in [0.3, 0.4) is 0 Å². The summed E-state index contributed by atoms with van der Waals surface area (Å²) in [5.41, 5.74) is 0.598. The van der Waals surface area contributed by atoms with E-state index in [0.29, 0.717) is 11.6 Å². The zero-order valence-corrected chi connectivity index (χ0v) is 8.48. The van der Waals surface area contributed by atoms with Gasteiger partial charge in [0.1, 0.15) is 6.04 Å². The molecule has 1 aromatic rings. The standard InChI is InChI=1S/C11H12F3NO/c1-2-10(11(12,13)14)15(16)8-9-6-4-3-5-7-9/h2-7,10,16H,1,8H2. The van der Waals surface area contributed by atoms with Gasteiger partial charge in [-0.25, -0.2) is 0 Å². The van der Waals surface area contributed by atoms with Crippen LogP contribution in [0, 0.1) is 0 Å². The van der Waals surface area contributed by atoms with Crippen molar-refractivity contribution < 1.29 is 18.4 Å². The van der Waals surface area contributed by atoms with Crippen molar-refractivity contribution in [2.45, 2.75) is 18.8 Å². The minimum Gasteiger partial charge on any atom is -0.313 e. The Labute approximate surface area is 91.6 Å². The Kier molecular flexibility index (Phi) is 4.09. The van der Waals surface area contributed by atoms with Crippen molar-refractivity contribution in [1.82, 2.24) is 5.06 Å². The Hall–Kier alpha value is -1.33. The fourth-order valence-electron chi connectivity index (χ4n) is 1.29. The van der Waals surface area contributed by atoms with Crippen molar-refractivity contribution in [2.75, 3.05) is 0 Å². The fraction of sp³-hybridized carbons (Fsp3) is 0.273. The highest BCUT2D eigenvalue weighted by atomic mass is 19.4. The van der Waals surface area contributed by atoms with Crippen LogP contribution in [0.5, 0.6) is 0 Å². The van der Waals surface area contributed by atoms with Gasteiger partial charge < -0.3 is 5.21 Å². The number of benzene rings is 1. The van der Waals surface area contributed by atoms with E-state index in [1.165, 1.54) is 0 Å². The van der Waals surface area contributed by atoms with Crippen LogP contribution < -0.4 is 0 Å². The predicted molar refractivity (Wildman–Crippen MR) is 53.8 cm³/mol. The van der Waals surface area contributed by atoms with E-state index in [9.17, 15) is 18.4 Å². The molecule has 0 spiro atoms. The average molecular weight is 231 g/mol. The Morgan fingerprint density at radius 1 is 1.31 bits per heavy atom. The van der Waals surface area contributed by atoms with Gasteiger partial charge in [0.05, 0.1) is 0 Å². The van der Waals surface area contributed by atoms with E-state index in [4.69, 9.17) is 0 Å². The van der Waals surface area contributed by atoms with Gasteiger partial charge in [0.2, 0.25) is 0 Å². The van der Waals surface area contributed by atoms with E-state index < -0.39 is 12.2 Å². The summed E-state index contributed by atoms with van der Waals surface area (Å²) in [5.74, 6) is 0. The molecule has 5 heteroatoms. The van der Waals surface area contributed by atoms with Crippen LogP contribution in [-0.2, 0) is 6.54 Å². The third kappa shape index (κ3) is 3.36. The molecule has 1 rings (SSSR count). The van der Waals surface area contributed by atoms with E-state index in [-0.39, 0.29) is 11.6 Å². The lowest BCUT2D eigenvalue weighted by Crippen LogP contribution is -2.41. The maximum Gasteiger partial charge on any atom is 0.409 e. The SMILES string of the molecule is C=CC(N(O)Cc1ccccc1)C(F)(F)F. The van der Waals surface area contributed by atoms with Crippen molar-refractivity contribution in [3.8, 4) is 0 Å². The molecule has 0 bridgehead atoms. The summed E-state index contributed by atoms with van der Waals surface area (Å²) in [5, 5.41) is 9.56. The van der Waals surface area contributed by atoms with Crippen LogP contribution in [-0.4, -0.2) is 22.5 Å². The second-order valence-electron chi connectivity index (χ2n) is 3.31. The van der Waals surface area contributed by atoms with Crippen LogP contribution in [0.25, 0.3) is 0 Å². The highest BCUT2D eigenvalue weighted by Crippen LogP contribution is 2.25. The minimum absolute atomic E-state index is 0.197. The lowest BCUT2D eigenvalue weighted by Gasteiger charge is -2.25. The topological polar surface area (TPSA) is 23.5 Å². The summed E-state index contributed by atoms with van der Waals surface area (Å²) >= 11 is 0. The van der Waals surface area contributed by atoms with Crippen LogP contribution >= 0.6 is 0 Å². The van der Waals surface area contributed by atoms with Crippen LogP contribution in [0.15, 0.2) is 43.0 Å². The quantitative estimate of drug-likeness (QED) is 0.636. The molecule has 0 aliphatic rings. The molecule has 16 heavy (non-hydrogen) atoms. The minimum atomic E-state index is -4.52. The second-order valence-corrected chi connectivity index (χ2v) is 3.31. The van der Waals surface area contributed by atoms with Crippen molar-refractivity contribution >= 4 is 0 Å². The van der Waals surface area contributed by atoms with Gasteiger partial charge in [-0.05, 0) is 5.56 Å². The lowest BCUT2D eigenvalue weighted by molar-refractivity contribution is -0.240. The number of hydroxylamine groups is 2. The summed E-state index contributed by atoms with van der Waals surface area (Å²) in [6.45, 7) is 2.87. The Balaban J connectivity index is 2.71. The van der Waals surface area contributed by atoms with Crippen molar-refractivity contribution in [2.24, 2.45) is 0 Å². The zero-order valence-electron chi connectivity index (χ0n) is 8.48. The Bertz CT molecular complexity index is 337. The molecule has 0 amide bonds. The van der Waals surface area contributed by atoms with Gasteiger partial charge in [0, 0.05) is 6.54 Å². The Morgan fingerprint density at radius 2 is 1.88 bits per heavy atom. The first-order valence-corrected chi connectivity index (χ1v) is 4.64. The van der Waals surface area contributed by atoms with Gasteiger partial charge in [-0.1, -0.05) is 36.4 Å². The molecule has 0 aliphatic heterocycles. The number of alkyl halides is 3. The van der Waals surface area contributed by atoms with Crippen molar-refractivity contribution in [1.29, 1.82) is 0 Å². The van der Waals surface area contributed by atoms with Gasteiger partial charge >= 0.3 is 6.18 Å². The Morgan fingerprint density at radius 3 is 2.31 bits per heavy atom. The lowest BCUT2D eigenvalue weighted by atomic mass is 10.2. The van der Waals surface area contributed by atoms with Crippen LogP contribution in [0.4, 0.5) is 13.2 Å². The molecule has 0 aromatic heterocycles. The summed E-state index contributed by atoms with van der Waals surface area (Å²) in [6.07, 6.45) is -3.85. The largest absolute Gasteiger partial charge is 0.409 e. The maximum atomic E-state index is 12.4. The smallest absolute Gasteiger partial charge is 0.313 e. The summed E-state index contributed by atoms with van der Waals surface area (Å²) in [4.78, 5) is 0. The first kappa shape index (κ1) is 12.7. The molecule has 88 valence electrons. The van der Waals surface area contributed by atoms with Gasteiger partial charge in [-0.2, -0.15) is 18.2 Å². The van der Waals surface area contributed by atoms with E-state index in [1.807, 2.05) is 0 Å². The molecule has 0 heterocycles. The summed E-state index contributed by atoms with van der Waals surface area (Å²) in [7, 11) is 0. The molecular weight excluding hydrogens is 219 g/mol. The first-order valence-electron chi connectivity index (χ1n) is 4.64. The molecule has 0 radical (unpaired) electrons. The summed E-state index contributed by atoms with van der Waals surface area (Å²) < 4.78 is 37.2. The molecule has 0 saturated carbocycles. The van der Waals surface area contributed by atoms with Crippen LogP contribution in [0.1, 0.15) is 5.56 Å². The zero-order chi connectivity index (χ0) is 12.2. The average Bonchev–Trinajstić information content (AvgIpc) is 2.17. The highest BCUT2D eigenvalue weighted by molar-refractivity contribution is 5.14. The molecule has 1 aromatic carbocycles. The van der Waals surface area contributed by atoms with E-state index in [0.717, 1.165) is 0 Å². The predicted octanol–water partition coefficient (Wildman–Crippen LogP) is 2.99. The normalized spacial score (nSPS) is 13.8. The molecule has 2 nitrogen and oxygen atoms in total.